The van der Waals surface area contributed by atoms with Crippen LogP contribution in [0.1, 0.15) is 0 Å². The van der Waals surface area contributed by atoms with Gasteiger partial charge in [-0.25, -0.2) is 0 Å². The molecule has 0 aliphatic heterocycles. The van der Waals surface area contributed by atoms with Crippen molar-refractivity contribution in [1.82, 2.24) is 0 Å². The zero-order valence-electron chi connectivity index (χ0n) is 3.60. The molecule has 0 radical (unpaired) electrons. The van der Waals surface area contributed by atoms with Crippen molar-refractivity contribution in [2.45, 2.75) is 0 Å². The minimum absolute atomic E-state index is 0.611. The molecule has 8 heavy (non-hydrogen) atoms. The molecule has 0 heterocycles. The molecule has 0 aliphatic rings. The van der Waals surface area contributed by atoms with Crippen molar-refractivity contribution >= 4 is 16.2 Å². The van der Waals surface area contributed by atoms with Gasteiger partial charge in [-0.2, -0.15) is 0 Å². The molecule has 0 rings (SSSR count). The van der Waals surface area contributed by atoms with E-state index in [9.17, 15) is 0 Å². The summed E-state index contributed by atoms with van der Waals surface area (Å²) < 4.78 is 51.6. The van der Waals surface area contributed by atoms with Crippen LogP contribution in [0.4, 0.5) is 0 Å². The van der Waals surface area contributed by atoms with E-state index in [4.69, 9.17) is 20.1 Å². The van der Waals surface area contributed by atoms with Crippen molar-refractivity contribution in [3.63, 3.8) is 0 Å². The standard InChI is InChI=1S/Al.Nb.6O.H. The minimum atomic E-state index is -7.94. The van der Waals surface area contributed by atoms with Gasteiger partial charge in [0.05, 0.1) is 0 Å². The summed E-state index contributed by atoms with van der Waals surface area (Å²) in [6.45, 7) is 0. The molecule has 0 fully saturated rings. The van der Waals surface area contributed by atoms with E-state index in [1.54, 1.807) is 0 Å². The summed E-state index contributed by atoms with van der Waals surface area (Å²) in [5.74, 6) is 0. The van der Waals surface area contributed by atoms with Crippen LogP contribution in [0.5, 0.6) is 0 Å². The average molecular weight is 217 g/mol. The fourth-order valence-corrected chi connectivity index (χ4v) is 0. The van der Waals surface area contributed by atoms with E-state index in [0.717, 1.165) is 0 Å². The normalized spacial score (nSPS) is 7.88. The molecule has 0 aromatic carbocycles. The molecule has 0 aliphatic carbocycles. The van der Waals surface area contributed by atoms with Crippen molar-refractivity contribution in [3.8, 4) is 0 Å². The van der Waals surface area contributed by atoms with Gasteiger partial charge in [0.1, 0.15) is 0 Å². The molecule has 0 unspecified atom stereocenters. The topological polar surface area (TPSA) is 102 Å². The molecule has 0 spiro atoms. The van der Waals surface area contributed by atoms with Crippen molar-refractivity contribution in [2.75, 3.05) is 0 Å². The zero-order valence-corrected chi connectivity index (χ0v) is 7.22. The molecule has 0 aromatic rings. The van der Waals surface area contributed by atoms with Crippen molar-refractivity contribution in [3.05, 3.63) is 0 Å². The van der Waals surface area contributed by atoms with Crippen molar-refractivity contribution in [1.29, 1.82) is 0 Å². The van der Waals surface area contributed by atoms with E-state index in [-0.39, 0.29) is 0 Å². The Kier molecular flexibility index (Phi) is 3.52. The molecule has 0 saturated heterocycles. The van der Waals surface area contributed by atoms with E-state index in [0.29, 0.717) is 16.2 Å². The van der Waals surface area contributed by atoms with E-state index in [2.05, 4.69) is 0 Å². The van der Waals surface area contributed by atoms with Gasteiger partial charge in [0.25, 0.3) is 0 Å². The molecule has 0 saturated carbocycles. The summed E-state index contributed by atoms with van der Waals surface area (Å²) in [5, 5.41) is 0. The second-order valence-electron chi connectivity index (χ2n) is 0.745. The van der Waals surface area contributed by atoms with Gasteiger partial charge in [0, 0.05) is 0 Å². The second-order valence-corrected chi connectivity index (χ2v) is 4.41. The van der Waals surface area contributed by atoms with Gasteiger partial charge >= 0.3 is 52.0 Å². The Bertz CT molecular complexity index is 292. The number of hydrogen-bond acceptors (Lipinski definition) is 6. The van der Waals surface area contributed by atoms with Crippen LogP contribution in [-0.4, -0.2) is 16.2 Å². The van der Waals surface area contributed by atoms with Gasteiger partial charge in [-0.1, -0.05) is 0 Å². The Labute approximate surface area is 52.1 Å². The van der Waals surface area contributed by atoms with E-state index < -0.39 is 15.7 Å². The van der Waals surface area contributed by atoms with Crippen molar-refractivity contribution < 1.29 is 35.7 Å². The van der Waals surface area contributed by atoms with Crippen LogP contribution in [0, 0.1) is 0 Å². The van der Waals surface area contributed by atoms with Crippen LogP contribution in [0.2, 0.25) is 0 Å². The van der Waals surface area contributed by atoms with Gasteiger partial charge in [-0.15, -0.1) is 0 Å². The maximum atomic E-state index is 8.66. The number of rotatable bonds is 0. The summed E-state index contributed by atoms with van der Waals surface area (Å²) in [5.41, 5.74) is 0. The molecule has 0 aromatic heterocycles. The predicted octanol–water partition coefficient (Wildman–Crippen LogP) is -1.36. The molecular weight excluding hydrogens is 216 g/mol. The molecule has 6 nitrogen and oxygen atoms in total. The summed E-state index contributed by atoms with van der Waals surface area (Å²) in [7, 11) is 0. The quantitative estimate of drug-likeness (QED) is 0.464. The predicted molar refractivity (Wildman–Crippen MR) is 11.3 cm³/mol. The number of hydrogen-bond donors (Lipinski definition) is 0. The van der Waals surface area contributed by atoms with Gasteiger partial charge < -0.3 is 0 Å². The first-order valence-corrected chi connectivity index (χ1v) is 6.27. The fourth-order valence-electron chi connectivity index (χ4n) is 0. The monoisotopic (exact) mass is 217 g/mol. The van der Waals surface area contributed by atoms with Crippen LogP contribution >= 0.6 is 0 Å². The van der Waals surface area contributed by atoms with Crippen LogP contribution in [0.3, 0.4) is 0 Å². The SMILES string of the molecule is [O]=[AlH].[O]=[Nb](=[O])(=[O])(=[O])=[O]. The fraction of sp³-hybridized carbons (Fsp3) is 0. The molecule has 0 atom stereocenters. The van der Waals surface area contributed by atoms with Gasteiger partial charge in [0.2, 0.25) is 0 Å². The molecule has 45 valence electrons. The second kappa shape index (κ2) is 2.57. The molecular formula is HAlNbO6. The van der Waals surface area contributed by atoms with Gasteiger partial charge in [-0.3, -0.25) is 0 Å². The van der Waals surface area contributed by atoms with E-state index >= 15 is 0 Å². The summed E-state index contributed by atoms with van der Waals surface area (Å²) in [6.07, 6.45) is 0. The first-order valence-electron chi connectivity index (χ1n) is 1.20. The third kappa shape index (κ3) is 29500. The van der Waals surface area contributed by atoms with Gasteiger partial charge in [0.15, 0.2) is 0 Å². The third-order valence-electron chi connectivity index (χ3n) is 0. The molecule has 8 heteroatoms. The van der Waals surface area contributed by atoms with E-state index in [1.165, 1.54) is 0 Å². The van der Waals surface area contributed by atoms with Gasteiger partial charge in [-0.05, 0) is 0 Å². The molecule has 0 N–H and O–H groups in total. The zero-order chi connectivity index (χ0) is 7.45. The van der Waals surface area contributed by atoms with Crippen LogP contribution in [0.15, 0.2) is 0 Å². The summed E-state index contributed by atoms with van der Waals surface area (Å²) in [6, 6.07) is 0. The summed E-state index contributed by atoms with van der Waals surface area (Å²) in [4.78, 5) is 0. The van der Waals surface area contributed by atoms with Crippen LogP contribution in [0.25, 0.3) is 0 Å². The molecule has 0 amide bonds. The third-order valence-corrected chi connectivity index (χ3v) is 0. The van der Waals surface area contributed by atoms with Crippen LogP contribution in [-0.2, 0) is 35.7 Å². The Morgan fingerprint density at radius 2 is 0.750 bits per heavy atom. The molecule has 0 bridgehead atoms. The van der Waals surface area contributed by atoms with E-state index in [1.807, 2.05) is 0 Å². The Hall–Kier alpha value is 0.0727. The Morgan fingerprint density at radius 3 is 0.750 bits per heavy atom. The van der Waals surface area contributed by atoms with Crippen LogP contribution < -0.4 is 0 Å². The average Bonchev–Trinajstić information content (AvgIpc) is 1.33. The van der Waals surface area contributed by atoms with Crippen molar-refractivity contribution in [2.24, 2.45) is 0 Å². The Balaban J connectivity index is 0. The maximum absolute atomic E-state index is 8.66. The Morgan fingerprint density at radius 1 is 0.750 bits per heavy atom. The summed E-state index contributed by atoms with van der Waals surface area (Å²) >= 11 is -7.33. The first-order chi connectivity index (χ1) is 3.24. The first kappa shape index (κ1) is 11.0.